The molecule has 0 aliphatic rings. The molecular weight excluding hydrogens is 148 g/mol. The highest BCUT2D eigenvalue weighted by Crippen LogP contribution is 2.17. The van der Waals surface area contributed by atoms with Gasteiger partial charge in [0.05, 0.1) is 12.5 Å². The first-order chi connectivity index (χ1) is 5.70. The van der Waals surface area contributed by atoms with Gasteiger partial charge in [-0.2, -0.15) is 0 Å². The molecule has 0 aromatic carbocycles. The normalized spacial score (nSPS) is 13.7. The molecule has 1 rings (SSSR count). The minimum Gasteiger partial charge on any atom is -0.472 e. The van der Waals surface area contributed by atoms with Crippen LogP contribution in [0.15, 0.2) is 23.0 Å². The largest absolute Gasteiger partial charge is 0.472 e. The predicted octanol–water partition coefficient (Wildman–Crippen LogP) is 3.50. The molecule has 1 nitrogen and oxygen atoms in total. The summed E-state index contributed by atoms with van der Waals surface area (Å²) >= 11 is 0. The average molecular weight is 166 g/mol. The van der Waals surface area contributed by atoms with Crippen LogP contribution in [0.4, 0.5) is 0 Å². The van der Waals surface area contributed by atoms with E-state index in [-0.39, 0.29) is 0 Å². The van der Waals surface area contributed by atoms with E-state index in [1.54, 1.807) is 6.26 Å². The fourth-order valence-electron chi connectivity index (χ4n) is 1.16. The summed E-state index contributed by atoms with van der Waals surface area (Å²) in [5.41, 5.74) is 1.32. The number of furan rings is 1. The van der Waals surface area contributed by atoms with E-state index in [0.717, 1.165) is 18.3 Å². The van der Waals surface area contributed by atoms with Crippen molar-refractivity contribution in [2.45, 2.75) is 33.6 Å². The summed E-state index contributed by atoms with van der Waals surface area (Å²) in [7, 11) is 0. The fraction of sp³-hybridized carbons (Fsp3) is 0.636. The molecule has 0 aliphatic carbocycles. The van der Waals surface area contributed by atoms with Crippen molar-refractivity contribution in [3.63, 3.8) is 0 Å². The van der Waals surface area contributed by atoms with Crippen LogP contribution in [0.3, 0.4) is 0 Å². The quantitative estimate of drug-likeness (QED) is 0.667. The summed E-state index contributed by atoms with van der Waals surface area (Å²) in [5, 5.41) is 0. The maximum absolute atomic E-state index is 5.01. The molecule has 0 N–H and O–H groups in total. The Hall–Kier alpha value is -0.720. The average Bonchev–Trinajstić information content (AvgIpc) is 2.51. The minimum atomic E-state index is 0.789. The van der Waals surface area contributed by atoms with E-state index >= 15 is 0 Å². The second-order valence-corrected chi connectivity index (χ2v) is 3.89. The Morgan fingerprint density at radius 3 is 2.58 bits per heavy atom. The lowest BCUT2D eigenvalue weighted by Gasteiger charge is -2.13. The van der Waals surface area contributed by atoms with Crippen LogP contribution >= 0.6 is 0 Å². The molecule has 12 heavy (non-hydrogen) atoms. The molecule has 0 spiro atoms. The molecule has 0 radical (unpaired) electrons. The topological polar surface area (TPSA) is 13.1 Å². The molecule has 0 saturated carbocycles. The van der Waals surface area contributed by atoms with Gasteiger partial charge >= 0.3 is 0 Å². The lowest BCUT2D eigenvalue weighted by molar-refractivity contribution is 0.392. The van der Waals surface area contributed by atoms with Crippen molar-refractivity contribution in [3.8, 4) is 0 Å². The molecule has 1 atom stereocenters. The van der Waals surface area contributed by atoms with E-state index in [2.05, 4.69) is 20.8 Å². The molecule has 68 valence electrons. The Bertz CT molecular complexity index is 199. The van der Waals surface area contributed by atoms with Crippen LogP contribution in [-0.4, -0.2) is 0 Å². The third-order valence-corrected chi connectivity index (χ3v) is 2.61. The molecule has 0 aliphatic heterocycles. The third kappa shape index (κ3) is 2.72. The zero-order valence-electron chi connectivity index (χ0n) is 8.21. The lowest BCUT2D eigenvalue weighted by Crippen LogP contribution is -2.04. The van der Waals surface area contributed by atoms with Gasteiger partial charge in [0.2, 0.25) is 0 Å². The van der Waals surface area contributed by atoms with Gasteiger partial charge < -0.3 is 4.42 Å². The van der Waals surface area contributed by atoms with E-state index in [9.17, 15) is 0 Å². The molecule has 1 unspecified atom stereocenters. The van der Waals surface area contributed by atoms with E-state index in [1.807, 2.05) is 12.3 Å². The van der Waals surface area contributed by atoms with E-state index in [1.165, 1.54) is 12.0 Å². The number of hydrogen-bond acceptors (Lipinski definition) is 1. The van der Waals surface area contributed by atoms with Gasteiger partial charge in [-0.25, -0.2) is 0 Å². The zero-order valence-corrected chi connectivity index (χ0v) is 8.21. The van der Waals surface area contributed by atoms with Gasteiger partial charge in [0, 0.05) is 0 Å². The van der Waals surface area contributed by atoms with E-state index in [4.69, 9.17) is 4.42 Å². The Morgan fingerprint density at radius 2 is 2.08 bits per heavy atom. The van der Waals surface area contributed by atoms with Crippen LogP contribution in [0.25, 0.3) is 0 Å². The van der Waals surface area contributed by atoms with Crippen LogP contribution in [0.5, 0.6) is 0 Å². The van der Waals surface area contributed by atoms with Gasteiger partial charge in [0.15, 0.2) is 0 Å². The highest BCUT2D eigenvalue weighted by atomic mass is 16.3. The summed E-state index contributed by atoms with van der Waals surface area (Å²) in [5.74, 6) is 1.59. The molecule has 1 heterocycles. The molecule has 0 bridgehead atoms. The van der Waals surface area contributed by atoms with Crippen molar-refractivity contribution in [1.29, 1.82) is 0 Å². The Kier molecular flexibility index (Phi) is 3.39. The van der Waals surface area contributed by atoms with Crippen LogP contribution in [0, 0.1) is 11.8 Å². The summed E-state index contributed by atoms with van der Waals surface area (Å²) in [4.78, 5) is 0. The number of rotatable bonds is 4. The fourth-order valence-corrected chi connectivity index (χ4v) is 1.16. The van der Waals surface area contributed by atoms with Crippen molar-refractivity contribution in [2.75, 3.05) is 0 Å². The van der Waals surface area contributed by atoms with Crippen LogP contribution in [0.2, 0.25) is 0 Å². The lowest BCUT2D eigenvalue weighted by atomic mass is 9.92. The summed E-state index contributed by atoms with van der Waals surface area (Å²) in [6, 6.07) is 2.05. The van der Waals surface area contributed by atoms with Gasteiger partial charge in [-0.05, 0) is 36.3 Å². The summed E-state index contributed by atoms with van der Waals surface area (Å²) in [6.45, 7) is 6.87. The molecule has 0 fully saturated rings. The molecule has 1 aromatic rings. The Labute approximate surface area is 74.8 Å². The number of hydrogen-bond donors (Lipinski definition) is 0. The first-order valence-electron chi connectivity index (χ1n) is 4.71. The van der Waals surface area contributed by atoms with Crippen LogP contribution < -0.4 is 0 Å². The van der Waals surface area contributed by atoms with Gasteiger partial charge in [-0.15, -0.1) is 0 Å². The zero-order chi connectivity index (χ0) is 8.97. The van der Waals surface area contributed by atoms with Crippen molar-refractivity contribution in [2.24, 2.45) is 11.8 Å². The van der Waals surface area contributed by atoms with Crippen molar-refractivity contribution < 1.29 is 4.42 Å². The smallest absolute Gasteiger partial charge is 0.0934 e. The summed E-state index contributed by atoms with van der Waals surface area (Å²) in [6.07, 6.45) is 6.00. The molecule has 1 heteroatoms. The highest BCUT2D eigenvalue weighted by Gasteiger charge is 2.06. The Balaban J connectivity index is 2.27. The minimum absolute atomic E-state index is 0.789. The predicted molar refractivity (Wildman–Crippen MR) is 51.0 cm³/mol. The maximum Gasteiger partial charge on any atom is 0.0934 e. The van der Waals surface area contributed by atoms with Crippen LogP contribution in [-0.2, 0) is 6.42 Å². The Morgan fingerprint density at radius 1 is 1.33 bits per heavy atom. The molecule has 0 saturated heterocycles. The first kappa shape index (κ1) is 9.37. The van der Waals surface area contributed by atoms with E-state index < -0.39 is 0 Å². The molecular formula is C11H18O. The molecule has 0 amide bonds. The first-order valence-corrected chi connectivity index (χ1v) is 4.71. The van der Waals surface area contributed by atoms with Crippen molar-refractivity contribution in [1.82, 2.24) is 0 Å². The van der Waals surface area contributed by atoms with Crippen LogP contribution in [0.1, 0.15) is 32.8 Å². The van der Waals surface area contributed by atoms with Gasteiger partial charge in [-0.1, -0.05) is 20.8 Å². The van der Waals surface area contributed by atoms with E-state index in [0.29, 0.717) is 0 Å². The van der Waals surface area contributed by atoms with Crippen molar-refractivity contribution >= 4 is 0 Å². The monoisotopic (exact) mass is 166 g/mol. The third-order valence-electron chi connectivity index (χ3n) is 2.61. The summed E-state index contributed by atoms with van der Waals surface area (Å²) < 4.78 is 5.01. The number of aryl methyl sites for hydroxylation is 1. The second kappa shape index (κ2) is 4.34. The maximum atomic E-state index is 5.01. The van der Waals surface area contributed by atoms with Gasteiger partial charge in [0.25, 0.3) is 0 Å². The second-order valence-electron chi connectivity index (χ2n) is 3.89. The SMILES string of the molecule is CC(C)C(C)CCc1ccoc1. The van der Waals surface area contributed by atoms with Crippen molar-refractivity contribution in [3.05, 3.63) is 24.2 Å². The van der Waals surface area contributed by atoms with Gasteiger partial charge in [0.1, 0.15) is 0 Å². The standard InChI is InChI=1S/C11H18O/c1-9(2)10(3)4-5-11-6-7-12-8-11/h6-10H,4-5H2,1-3H3. The molecule has 1 aromatic heterocycles. The van der Waals surface area contributed by atoms with Gasteiger partial charge in [-0.3, -0.25) is 0 Å². The highest BCUT2D eigenvalue weighted by molar-refractivity contribution is 5.05.